The van der Waals surface area contributed by atoms with Gasteiger partial charge in [0.15, 0.2) is 0 Å². The monoisotopic (exact) mass is 287 g/mol. The van der Waals surface area contributed by atoms with E-state index in [0.717, 1.165) is 31.2 Å². The maximum absolute atomic E-state index is 10.8. The van der Waals surface area contributed by atoms with Gasteiger partial charge in [-0.15, -0.1) is 0 Å². The molecule has 1 saturated carbocycles. The Labute approximate surface area is 119 Å². The van der Waals surface area contributed by atoms with Crippen molar-refractivity contribution in [1.82, 2.24) is 4.90 Å². The number of rotatable bonds is 3. The molecule has 0 spiro atoms. The van der Waals surface area contributed by atoms with Crippen LogP contribution in [0.2, 0.25) is 10.0 Å². The quantitative estimate of drug-likeness (QED) is 0.911. The SMILES string of the molecule is CN(C)C1(C(O)c2cccc(Cl)c2Cl)CCCC1. The fourth-order valence-corrected chi connectivity index (χ4v) is 3.38. The predicted octanol–water partition coefficient (Wildman–Crippen LogP) is 3.90. The van der Waals surface area contributed by atoms with Crippen molar-refractivity contribution in [2.45, 2.75) is 37.3 Å². The number of hydrogen-bond acceptors (Lipinski definition) is 2. The first-order valence-corrected chi connectivity index (χ1v) is 7.04. The molecule has 1 unspecified atom stereocenters. The van der Waals surface area contributed by atoms with Gasteiger partial charge in [0, 0.05) is 5.56 Å². The minimum atomic E-state index is -0.596. The maximum Gasteiger partial charge on any atom is 0.0988 e. The van der Waals surface area contributed by atoms with E-state index in [1.165, 1.54) is 0 Å². The van der Waals surface area contributed by atoms with Gasteiger partial charge in [0.05, 0.1) is 21.7 Å². The van der Waals surface area contributed by atoms with E-state index >= 15 is 0 Å². The number of nitrogens with zero attached hydrogens (tertiary/aromatic N) is 1. The van der Waals surface area contributed by atoms with Crippen molar-refractivity contribution in [3.63, 3.8) is 0 Å². The molecule has 100 valence electrons. The number of hydrogen-bond donors (Lipinski definition) is 1. The van der Waals surface area contributed by atoms with E-state index in [1.807, 2.05) is 26.2 Å². The Morgan fingerprint density at radius 2 is 1.83 bits per heavy atom. The van der Waals surface area contributed by atoms with E-state index in [-0.39, 0.29) is 5.54 Å². The number of likely N-dealkylation sites (N-methyl/N-ethyl adjacent to an activating group) is 1. The zero-order valence-electron chi connectivity index (χ0n) is 10.8. The van der Waals surface area contributed by atoms with Crippen LogP contribution < -0.4 is 0 Å². The third-order valence-electron chi connectivity index (χ3n) is 4.15. The Balaban J connectivity index is 2.40. The molecule has 1 atom stereocenters. The van der Waals surface area contributed by atoms with Gasteiger partial charge in [-0.3, -0.25) is 0 Å². The van der Waals surface area contributed by atoms with E-state index in [2.05, 4.69) is 4.90 Å². The van der Waals surface area contributed by atoms with Crippen LogP contribution in [0.5, 0.6) is 0 Å². The van der Waals surface area contributed by atoms with Crippen LogP contribution in [0, 0.1) is 0 Å². The van der Waals surface area contributed by atoms with Crippen LogP contribution in [0.1, 0.15) is 37.4 Å². The molecule has 1 fully saturated rings. The standard InChI is InChI=1S/C14H19Cl2NO/c1-17(2)14(8-3-4-9-14)13(18)10-6-5-7-11(15)12(10)16/h5-7,13,18H,3-4,8-9H2,1-2H3. The molecule has 18 heavy (non-hydrogen) atoms. The molecule has 1 aliphatic carbocycles. The molecule has 0 heterocycles. The molecule has 1 aliphatic rings. The summed E-state index contributed by atoms with van der Waals surface area (Å²) in [7, 11) is 4.04. The van der Waals surface area contributed by atoms with Gasteiger partial charge in [0.25, 0.3) is 0 Å². The van der Waals surface area contributed by atoms with E-state index < -0.39 is 6.10 Å². The predicted molar refractivity (Wildman–Crippen MR) is 76.3 cm³/mol. The van der Waals surface area contributed by atoms with Crippen molar-refractivity contribution >= 4 is 23.2 Å². The number of aliphatic hydroxyl groups excluding tert-OH is 1. The second-order valence-corrected chi connectivity index (χ2v) is 6.04. The van der Waals surface area contributed by atoms with Crippen LogP contribution in [0.15, 0.2) is 18.2 Å². The summed E-state index contributed by atoms with van der Waals surface area (Å²) >= 11 is 12.3. The second-order valence-electron chi connectivity index (χ2n) is 5.25. The maximum atomic E-state index is 10.8. The summed E-state index contributed by atoms with van der Waals surface area (Å²) < 4.78 is 0. The van der Waals surface area contributed by atoms with Gasteiger partial charge in [-0.2, -0.15) is 0 Å². The highest BCUT2D eigenvalue weighted by atomic mass is 35.5. The average molecular weight is 288 g/mol. The summed E-state index contributed by atoms with van der Waals surface area (Å²) in [5.41, 5.74) is 0.522. The number of aliphatic hydroxyl groups is 1. The molecule has 0 radical (unpaired) electrons. The Morgan fingerprint density at radius 1 is 1.22 bits per heavy atom. The van der Waals surface area contributed by atoms with Crippen LogP contribution in [-0.2, 0) is 0 Å². The van der Waals surface area contributed by atoms with Crippen molar-refractivity contribution in [1.29, 1.82) is 0 Å². The van der Waals surface area contributed by atoms with Gasteiger partial charge in [-0.05, 0) is 33.0 Å². The van der Waals surface area contributed by atoms with Crippen LogP contribution in [0.4, 0.5) is 0 Å². The van der Waals surface area contributed by atoms with Crippen molar-refractivity contribution in [2.24, 2.45) is 0 Å². The van der Waals surface area contributed by atoms with E-state index in [1.54, 1.807) is 6.07 Å². The average Bonchev–Trinajstić information content (AvgIpc) is 2.82. The molecule has 4 heteroatoms. The fourth-order valence-electron chi connectivity index (χ4n) is 2.97. The van der Waals surface area contributed by atoms with Crippen LogP contribution in [0.3, 0.4) is 0 Å². The molecular formula is C14H19Cl2NO. The van der Waals surface area contributed by atoms with Crippen molar-refractivity contribution < 1.29 is 5.11 Å². The Morgan fingerprint density at radius 3 is 2.39 bits per heavy atom. The lowest BCUT2D eigenvalue weighted by molar-refractivity contribution is -0.00468. The summed E-state index contributed by atoms with van der Waals surface area (Å²) in [5.74, 6) is 0. The normalized spacial score (nSPS) is 20.3. The molecule has 2 rings (SSSR count). The van der Waals surface area contributed by atoms with E-state index in [4.69, 9.17) is 23.2 Å². The molecule has 1 aromatic carbocycles. The van der Waals surface area contributed by atoms with Gasteiger partial charge in [0.2, 0.25) is 0 Å². The Kier molecular flexibility index (Phi) is 4.22. The largest absolute Gasteiger partial charge is 0.386 e. The minimum absolute atomic E-state index is 0.214. The third-order valence-corrected chi connectivity index (χ3v) is 4.98. The van der Waals surface area contributed by atoms with Crippen LogP contribution >= 0.6 is 23.2 Å². The Hall–Kier alpha value is -0.280. The highest BCUT2D eigenvalue weighted by molar-refractivity contribution is 6.42. The third kappa shape index (κ3) is 2.27. The van der Waals surface area contributed by atoms with Crippen LogP contribution in [-0.4, -0.2) is 29.6 Å². The van der Waals surface area contributed by atoms with Crippen molar-refractivity contribution in [3.05, 3.63) is 33.8 Å². The highest BCUT2D eigenvalue weighted by Gasteiger charge is 2.43. The summed E-state index contributed by atoms with van der Waals surface area (Å²) in [4.78, 5) is 2.13. The summed E-state index contributed by atoms with van der Waals surface area (Å²) in [6.45, 7) is 0. The molecule has 0 saturated heterocycles. The lowest BCUT2D eigenvalue weighted by Gasteiger charge is -2.41. The first-order valence-electron chi connectivity index (χ1n) is 6.28. The first-order chi connectivity index (χ1) is 8.49. The molecule has 0 bridgehead atoms. The summed E-state index contributed by atoms with van der Waals surface area (Å²) in [6.07, 6.45) is 3.68. The molecule has 0 amide bonds. The van der Waals surface area contributed by atoms with Crippen molar-refractivity contribution in [2.75, 3.05) is 14.1 Å². The summed E-state index contributed by atoms with van der Waals surface area (Å²) in [6, 6.07) is 5.45. The highest BCUT2D eigenvalue weighted by Crippen LogP contribution is 2.45. The molecular weight excluding hydrogens is 269 g/mol. The molecule has 1 aromatic rings. The molecule has 1 N–H and O–H groups in total. The van der Waals surface area contributed by atoms with Gasteiger partial charge in [-0.25, -0.2) is 0 Å². The van der Waals surface area contributed by atoms with E-state index in [9.17, 15) is 5.11 Å². The second kappa shape index (κ2) is 5.38. The molecule has 0 aromatic heterocycles. The topological polar surface area (TPSA) is 23.5 Å². The van der Waals surface area contributed by atoms with E-state index in [0.29, 0.717) is 10.0 Å². The minimum Gasteiger partial charge on any atom is -0.386 e. The van der Waals surface area contributed by atoms with Crippen LogP contribution in [0.25, 0.3) is 0 Å². The van der Waals surface area contributed by atoms with Crippen molar-refractivity contribution in [3.8, 4) is 0 Å². The first kappa shape index (κ1) is 14.1. The molecule has 2 nitrogen and oxygen atoms in total. The Bertz CT molecular complexity index is 428. The number of halogens is 2. The zero-order chi connectivity index (χ0) is 13.3. The van der Waals surface area contributed by atoms with Gasteiger partial charge < -0.3 is 10.0 Å². The number of benzene rings is 1. The fraction of sp³-hybridized carbons (Fsp3) is 0.571. The van der Waals surface area contributed by atoms with Gasteiger partial charge >= 0.3 is 0 Å². The summed E-state index contributed by atoms with van der Waals surface area (Å²) in [5, 5.41) is 11.7. The lowest BCUT2D eigenvalue weighted by Crippen LogP contribution is -2.47. The molecule has 0 aliphatic heterocycles. The van der Waals surface area contributed by atoms with Gasteiger partial charge in [-0.1, -0.05) is 48.2 Å². The zero-order valence-corrected chi connectivity index (χ0v) is 12.3. The lowest BCUT2D eigenvalue weighted by atomic mass is 9.85. The van der Waals surface area contributed by atoms with Gasteiger partial charge in [0.1, 0.15) is 0 Å². The smallest absolute Gasteiger partial charge is 0.0988 e.